The highest BCUT2D eigenvalue weighted by Gasteiger charge is 2.08. The second kappa shape index (κ2) is 1.74. The van der Waals surface area contributed by atoms with Crippen molar-refractivity contribution in [1.82, 2.24) is 0 Å². The van der Waals surface area contributed by atoms with Crippen LogP contribution in [0.15, 0.2) is 22.1 Å². The molecule has 1 atom stereocenters. The van der Waals surface area contributed by atoms with Gasteiger partial charge in [-0.1, -0.05) is 0 Å². The minimum Gasteiger partial charge on any atom is -0.500 e. The maximum absolute atomic E-state index is 10.5. The molecule has 1 N–H and O–H groups in total. The highest BCUT2D eigenvalue weighted by Crippen LogP contribution is 2.13. The summed E-state index contributed by atoms with van der Waals surface area (Å²) < 4.78 is 10.5. The average molecular weight is 130 g/mol. The van der Waals surface area contributed by atoms with E-state index in [9.17, 15) is 4.21 Å². The van der Waals surface area contributed by atoms with E-state index in [-0.39, 0.29) is 5.09 Å². The van der Waals surface area contributed by atoms with Crippen LogP contribution in [0.4, 0.5) is 0 Å². The molecular weight excluding hydrogens is 124 g/mol. The average Bonchev–Trinajstić information content (AvgIpc) is 1.85. The Morgan fingerprint density at radius 3 is 2.50 bits per heavy atom. The molecule has 0 aliphatic carbocycles. The molecule has 0 bridgehead atoms. The van der Waals surface area contributed by atoms with Crippen molar-refractivity contribution in [2.75, 3.05) is 0 Å². The van der Waals surface area contributed by atoms with Crippen LogP contribution in [0, 0.1) is 0 Å². The van der Waals surface area contributed by atoms with Gasteiger partial charge >= 0.3 is 0 Å². The fourth-order valence-corrected chi connectivity index (χ4v) is 1.34. The van der Waals surface area contributed by atoms with Gasteiger partial charge in [0.1, 0.15) is 10.8 Å². The molecule has 0 amide bonds. The van der Waals surface area contributed by atoms with Gasteiger partial charge < -0.3 is 5.11 Å². The molecule has 1 unspecified atom stereocenters. The second-order valence-electron chi connectivity index (χ2n) is 1.64. The van der Waals surface area contributed by atoms with Gasteiger partial charge in [0.25, 0.3) is 0 Å². The lowest BCUT2D eigenvalue weighted by Crippen LogP contribution is -1.81. The van der Waals surface area contributed by atoms with E-state index in [1.807, 2.05) is 0 Å². The molecule has 3 heteroatoms. The number of allylic oxidation sites excluding steroid dienone is 2. The van der Waals surface area contributed by atoms with Gasteiger partial charge in [-0.15, -0.1) is 0 Å². The Bertz CT molecular complexity index is 188. The van der Waals surface area contributed by atoms with Crippen LogP contribution in [0.2, 0.25) is 0 Å². The third kappa shape index (κ3) is 0.816. The van der Waals surface area contributed by atoms with Gasteiger partial charge in [-0.25, -0.2) is 4.21 Å². The van der Waals surface area contributed by atoms with Crippen molar-refractivity contribution >= 4 is 10.8 Å². The Hall–Kier alpha value is -0.570. The Labute approximate surface area is 50.0 Å². The zero-order chi connectivity index (χ0) is 6.15. The van der Waals surface area contributed by atoms with Crippen molar-refractivity contribution in [2.24, 2.45) is 0 Å². The summed E-state index contributed by atoms with van der Waals surface area (Å²) in [6, 6.07) is 0. The Morgan fingerprint density at radius 1 is 1.75 bits per heavy atom. The SMILES string of the molecule is CC1=CS(=O)C(O)=C1. The standard InChI is InChI=1S/C5H6O2S/c1-4-2-5(6)8(7)3-4/h2-3,6H,1H3. The summed E-state index contributed by atoms with van der Waals surface area (Å²) in [6.45, 7) is 1.79. The summed E-state index contributed by atoms with van der Waals surface area (Å²) in [7, 11) is -1.24. The van der Waals surface area contributed by atoms with Crippen LogP contribution in [0.1, 0.15) is 6.92 Å². The number of hydrogen-bond acceptors (Lipinski definition) is 2. The van der Waals surface area contributed by atoms with Crippen molar-refractivity contribution in [2.45, 2.75) is 6.92 Å². The molecule has 1 heterocycles. The van der Waals surface area contributed by atoms with E-state index in [1.165, 1.54) is 11.5 Å². The highest BCUT2D eigenvalue weighted by molar-refractivity contribution is 7.91. The lowest BCUT2D eigenvalue weighted by Gasteiger charge is -1.81. The van der Waals surface area contributed by atoms with E-state index in [2.05, 4.69) is 0 Å². The van der Waals surface area contributed by atoms with Gasteiger partial charge in [0.05, 0.1) is 0 Å². The molecule has 0 radical (unpaired) electrons. The Kier molecular flexibility index (Phi) is 1.21. The van der Waals surface area contributed by atoms with Crippen molar-refractivity contribution in [3.63, 3.8) is 0 Å². The first-order chi connectivity index (χ1) is 3.70. The lowest BCUT2D eigenvalue weighted by molar-refractivity contribution is 0.451. The van der Waals surface area contributed by atoms with Crippen molar-refractivity contribution in [3.8, 4) is 0 Å². The van der Waals surface area contributed by atoms with Crippen molar-refractivity contribution in [3.05, 3.63) is 22.1 Å². The number of hydrogen-bond donors (Lipinski definition) is 1. The van der Waals surface area contributed by atoms with Crippen LogP contribution < -0.4 is 0 Å². The molecule has 0 aromatic rings. The van der Waals surface area contributed by atoms with E-state index in [0.717, 1.165) is 5.57 Å². The molecule has 0 aromatic heterocycles. The summed E-state index contributed by atoms with van der Waals surface area (Å²) >= 11 is 0. The normalized spacial score (nSPS) is 27.4. The van der Waals surface area contributed by atoms with Crippen LogP contribution in [0.25, 0.3) is 0 Å². The largest absolute Gasteiger partial charge is 0.500 e. The number of aliphatic hydroxyl groups excluding tert-OH is 1. The number of rotatable bonds is 0. The van der Waals surface area contributed by atoms with Gasteiger partial charge in [0.2, 0.25) is 0 Å². The third-order valence-electron chi connectivity index (χ3n) is 0.850. The zero-order valence-corrected chi connectivity index (χ0v) is 5.23. The third-order valence-corrected chi connectivity index (χ3v) is 1.97. The topological polar surface area (TPSA) is 37.3 Å². The van der Waals surface area contributed by atoms with Gasteiger partial charge in [-0.3, -0.25) is 0 Å². The van der Waals surface area contributed by atoms with Crippen LogP contribution in [-0.2, 0) is 10.8 Å². The smallest absolute Gasteiger partial charge is 0.185 e. The van der Waals surface area contributed by atoms with Crippen molar-refractivity contribution < 1.29 is 9.32 Å². The minimum absolute atomic E-state index is 0.0394. The first kappa shape index (κ1) is 5.56. The zero-order valence-electron chi connectivity index (χ0n) is 4.42. The summed E-state index contributed by atoms with van der Waals surface area (Å²) in [6.07, 6.45) is 1.50. The van der Waals surface area contributed by atoms with E-state index in [1.54, 1.807) is 6.92 Å². The van der Waals surface area contributed by atoms with E-state index in [0.29, 0.717) is 0 Å². The quantitative estimate of drug-likeness (QED) is 0.532. The molecule has 0 spiro atoms. The second-order valence-corrected chi connectivity index (χ2v) is 2.89. The summed E-state index contributed by atoms with van der Waals surface area (Å²) in [5, 5.41) is 10.1. The molecular formula is C5H6O2S. The van der Waals surface area contributed by atoms with Gasteiger partial charge in [-0.2, -0.15) is 0 Å². The molecule has 8 heavy (non-hydrogen) atoms. The van der Waals surface area contributed by atoms with Gasteiger partial charge in [0.15, 0.2) is 5.09 Å². The summed E-state index contributed by atoms with van der Waals surface area (Å²) in [4.78, 5) is 0. The molecule has 44 valence electrons. The molecule has 2 nitrogen and oxygen atoms in total. The van der Waals surface area contributed by atoms with E-state index >= 15 is 0 Å². The molecule has 0 fully saturated rings. The molecule has 1 aliphatic rings. The molecule has 0 saturated carbocycles. The maximum Gasteiger partial charge on any atom is 0.185 e. The molecule has 1 aliphatic heterocycles. The predicted octanol–water partition coefficient (Wildman–Crippen LogP) is 1.05. The van der Waals surface area contributed by atoms with Crippen LogP contribution in [0.5, 0.6) is 0 Å². The predicted molar refractivity (Wildman–Crippen MR) is 32.6 cm³/mol. The van der Waals surface area contributed by atoms with Crippen LogP contribution in [0.3, 0.4) is 0 Å². The fraction of sp³-hybridized carbons (Fsp3) is 0.200. The minimum atomic E-state index is -1.24. The Balaban J connectivity index is 2.95. The van der Waals surface area contributed by atoms with Crippen LogP contribution in [-0.4, -0.2) is 9.32 Å². The first-order valence-corrected chi connectivity index (χ1v) is 3.41. The first-order valence-electron chi connectivity index (χ1n) is 2.20. The van der Waals surface area contributed by atoms with E-state index < -0.39 is 10.8 Å². The molecule has 1 rings (SSSR count). The monoisotopic (exact) mass is 130 g/mol. The Morgan fingerprint density at radius 2 is 2.38 bits per heavy atom. The fourth-order valence-electron chi connectivity index (χ4n) is 0.516. The lowest BCUT2D eigenvalue weighted by atomic mass is 10.4. The molecule has 0 aromatic carbocycles. The molecule has 0 saturated heterocycles. The summed E-state index contributed by atoms with van der Waals surface area (Å²) in [5.41, 5.74) is 0.862. The van der Waals surface area contributed by atoms with Crippen LogP contribution >= 0.6 is 0 Å². The van der Waals surface area contributed by atoms with E-state index in [4.69, 9.17) is 5.11 Å². The summed E-state index contributed by atoms with van der Waals surface area (Å²) in [5.74, 6) is 0. The van der Waals surface area contributed by atoms with Gasteiger partial charge in [0, 0.05) is 5.41 Å². The highest BCUT2D eigenvalue weighted by atomic mass is 32.2. The maximum atomic E-state index is 10.5. The van der Waals surface area contributed by atoms with Gasteiger partial charge in [-0.05, 0) is 18.6 Å². The number of aliphatic hydroxyl groups is 1. The van der Waals surface area contributed by atoms with Crippen molar-refractivity contribution in [1.29, 1.82) is 0 Å².